The molecule has 0 radical (unpaired) electrons. The standard InChI is InChI=1S/C46H76N2O7/c1-3-5-7-9-11-13-14-15-16-17-18-19-20-22-24-30-34-38-45(52)55-41(35-31-27-23-21-12-10-8-6-4-2)36-32-28-25-26-29-33-37-43(50)47-39-44(51)48-42(40-49)46(53)54/h5,7,11,13,15-16,18-19,22,24,31,35,41-42,49H,3-4,6,8-10,12,14,17,20-21,23,25-30,32-34,36-40H2,1-2H3,(H,47,50)(H,48,51)(H,53,54)/b7-5-,13-11-,16-15-,19-18-,24-22-,35-31-. The molecule has 0 bridgehead atoms. The normalized spacial score (nSPS) is 13.2. The number of nitrogens with one attached hydrogen (secondary N) is 2. The fourth-order valence-corrected chi connectivity index (χ4v) is 5.66. The fourth-order valence-electron chi connectivity index (χ4n) is 5.66. The SMILES string of the molecule is CC/C=C\C/C=C\C/C=C\C/C=C\C/C=C\CCCC(=O)OC(/C=C\CCCCCCCCC)CCCCCCCCC(=O)NCC(=O)NC(CO)C(=O)O. The van der Waals surface area contributed by atoms with Crippen molar-refractivity contribution in [1.29, 1.82) is 0 Å². The van der Waals surface area contributed by atoms with E-state index >= 15 is 0 Å². The number of hydrogen-bond acceptors (Lipinski definition) is 6. The lowest BCUT2D eigenvalue weighted by Gasteiger charge is -2.14. The van der Waals surface area contributed by atoms with Gasteiger partial charge in [0.05, 0.1) is 13.2 Å². The van der Waals surface area contributed by atoms with Gasteiger partial charge in [0, 0.05) is 12.8 Å². The molecule has 0 spiro atoms. The van der Waals surface area contributed by atoms with Crippen LogP contribution < -0.4 is 10.6 Å². The summed E-state index contributed by atoms with van der Waals surface area (Å²) in [4.78, 5) is 47.4. The van der Waals surface area contributed by atoms with Crippen LogP contribution >= 0.6 is 0 Å². The molecule has 0 aliphatic heterocycles. The topological polar surface area (TPSA) is 142 Å². The maximum absolute atomic E-state index is 12.7. The van der Waals surface area contributed by atoms with Crippen molar-refractivity contribution in [2.45, 2.75) is 180 Å². The van der Waals surface area contributed by atoms with Gasteiger partial charge in [-0.25, -0.2) is 4.79 Å². The van der Waals surface area contributed by atoms with Crippen molar-refractivity contribution in [1.82, 2.24) is 10.6 Å². The van der Waals surface area contributed by atoms with Crippen LogP contribution in [0.15, 0.2) is 72.9 Å². The number of allylic oxidation sites excluding steroid dienone is 11. The van der Waals surface area contributed by atoms with Crippen LogP contribution in [-0.4, -0.2) is 59.3 Å². The summed E-state index contributed by atoms with van der Waals surface area (Å²) in [5.74, 6) is -2.40. The van der Waals surface area contributed by atoms with Crippen LogP contribution in [0.25, 0.3) is 0 Å². The Morgan fingerprint density at radius 2 is 1.11 bits per heavy atom. The van der Waals surface area contributed by atoms with Gasteiger partial charge < -0.3 is 25.6 Å². The molecule has 2 atom stereocenters. The average molecular weight is 769 g/mol. The molecule has 0 aromatic heterocycles. The largest absolute Gasteiger partial charge is 0.480 e. The average Bonchev–Trinajstić information content (AvgIpc) is 3.17. The van der Waals surface area contributed by atoms with Crippen molar-refractivity contribution in [2.75, 3.05) is 13.2 Å². The number of aliphatic hydroxyl groups excluding tert-OH is 1. The van der Waals surface area contributed by atoms with Crippen LogP contribution in [0.4, 0.5) is 0 Å². The van der Waals surface area contributed by atoms with Crippen molar-refractivity contribution in [3.8, 4) is 0 Å². The lowest BCUT2D eigenvalue weighted by atomic mass is 10.0. The number of carboxylic acids is 1. The van der Waals surface area contributed by atoms with E-state index in [1.54, 1.807) is 0 Å². The zero-order chi connectivity index (χ0) is 40.5. The molecule has 0 saturated heterocycles. The molecular weight excluding hydrogens is 693 g/mol. The van der Waals surface area contributed by atoms with Crippen LogP contribution in [0.3, 0.4) is 0 Å². The Morgan fingerprint density at radius 1 is 0.582 bits per heavy atom. The number of esters is 1. The molecule has 0 aromatic carbocycles. The molecule has 55 heavy (non-hydrogen) atoms. The molecule has 0 aromatic rings. The second kappa shape index (κ2) is 40.0. The maximum atomic E-state index is 12.7. The molecular formula is C46H76N2O7. The minimum atomic E-state index is -1.39. The van der Waals surface area contributed by atoms with Gasteiger partial charge in [0.15, 0.2) is 0 Å². The summed E-state index contributed by atoms with van der Waals surface area (Å²) in [5.41, 5.74) is 0. The first-order valence-electron chi connectivity index (χ1n) is 21.3. The number of carbonyl (C=O) groups is 4. The first-order chi connectivity index (χ1) is 26.8. The number of amides is 2. The monoisotopic (exact) mass is 769 g/mol. The third kappa shape index (κ3) is 37.0. The Balaban J connectivity index is 4.39. The first-order valence-corrected chi connectivity index (χ1v) is 21.3. The van der Waals surface area contributed by atoms with Crippen LogP contribution in [-0.2, 0) is 23.9 Å². The Kier molecular flexibility index (Phi) is 37.3. The maximum Gasteiger partial charge on any atom is 0.328 e. The van der Waals surface area contributed by atoms with Crippen LogP contribution in [0.5, 0.6) is 0 Å². The summed E-state index contributed by atoms with van der Waals surface area (Å²) in [6.45, 7) is 3.34. The summed E-state index contributed by atoms with van der Waals surface area (Å²) in [6.07, 6.45) is 49.5. The van der Waals surface area contributed by atoms with E-state index in [-0.39, 0.29) is 30.9 Å². The third-order valence-electron chi connectivity index (χ3n) is 8.92. The van der Waals surface area contributed by atoms with E-state index < -0.39 is 24.5 Å². The predicted molar refractivity (Wildman–Crippen MR) is 227 cm³/mol. The Bertz CT molecular complexity index is 1150. The molecule has 2 unspecified atom stereocenters. The van der Waals surface area contributed by atoms with Crippen LogP contribution in [0.2, 0.25) is 0 Å². The first kappa shape index (κ1) is 51.3. The van der Waals surface area contributed by atoms with E-state index in [1.165, 1.54) is 38.5 Å². The van der Waals surface area contributed by atoms with Gasteiger partial charge in [-0.3, -0.25) is 14.4 Å². The van der Waals surface area contributed by atoms with E-state index in [1.807, 2.05) is 0 Å². The van der Waals surface area contributed by atoms with Gasteiger partial charge in [-0.05, 0) is 83.1 Å². The van der Waals surface area contributed by atoms with E-state index in [0.717, 1.165) is 96.3 Å². The van der Waals surface area contributed by atoms with E-state index in [2.05, 4.69) is 97.4 Å². The summed E-state index contributed by atoms with van der Waals surface area (Å²) < 4.78 is 5.91. The van der Waals surface area contributed by atoms with Gasteiger partial charge in [0.1, 0.15) is 12.1 Å². The number of carbonyl (C=O) groups excluding carboxylic acids is 3. The van der Waals surface area contributed by atoms with Gasteiger partial charge >= 0.3 is 11.9 Å². The number of hydrogen-bond donors (Lipinski definition) is 4. The highest BCUT2D eigenvalue weighted by Crippen LogP contribution is 2.15. The lowest BCUT2D eigenvalue weighted by molar-refractivity contribution is -0.147. The van der Waals surface area contributed by atoms with Gasteiger partial charge in [-0.1, -0.05) is 145 Å². The summed E-state index contributed by atoms with van der Waals surface area (Å²) >= 11 is 0. The Hall–Kier alpha value is -3.72. The molecule has 9 heteroatoms. The number of ether oxygens (including phenoxy) is 1. The van der Waals surface area contributed by atoms with Crippen molar-refractivity contribution in [3.05, 3.63) is 72.9 Å². The number of aliphatic carboxylic acids is 1. The molecule has 0 saturated carbocycles. The number of unbranched alkanes of at least 4 members (excludes halogenated alkanes) is 13. The summed E-state index contributed by atoms with van der Waals surface area (Å²) in [7, 11) is 0. The van der Waals surface area contributed by atoms with Crippen molar-refractivity contribution < 1.29 is 34.1 Å². The van der Waals surface area contributed by atoms with Crippen LogP contribution in [0.1, 0.15) is 168 Å². The van der Waals surface area contributed by atoms with Gasteiger partial charge in [-0.2, -0.15) is 0 Å². The molecule has 0 rings (SSSR count). The van der Waals surface area contributed by atoms with Crippen molar-refractivity contribution in [2.24, 2.45) is 0 Å². The highest BCUT2D eigenvalue weighted by molar-refractivity contribution is 5.87. The molecule has 0 aliphatic rings. The number of rotatable bonds is 37. The molecule has 9 nitrogen and oxygen atoms in total. The van der Waals surface area contributed by atoms with Crippen molar-refractivity contribution >= 4 is 23.8 Å². The highest BCUT2D eigenvalue weighted by Gasteiger charge is 2.18. The third-order valence-corrected chi connectivity index (χ3v) is 8.92. The lowest BCUT2D eigenvalue weighted by Crippen LogP contribution is -2.47. The molecule has 0 fully saturated rings. The summed E-state index contributed by atoms with van der Waals surface area (Å²) in [5, 5.41) is 22.5. The Labute approximate surface area is 333 Å². The van der Waals surface area contributed by atoms with Crippen LogP contribution in [0, 0.1) is 0 Å². The highest BCUT2D eigenvalue weighted by atomic mass is 16.5. The molecule has 312 valence electrons. The minimum Gasteiger partial charge on any atom is -0.480 e. The Morgan fingerprint density at radius 3 is 1.69 bits per heavy atom. The van der Waals surface area contributed by atoms with Gasteiger partial charge in [0.25, 0.3) is 0 Å². The second-order valence-electron chi connectivity index (χ2n) is 14.0. The van der Waals surface area contributed by atoms with E-state index in [0.29, 0.717) is 12.8 Å². The molecule has 0 heterocycles. The second-order valence-corrected chi connectivity index (χ2v) is 14.0. The number of carboxylic acid groups (broad SMARTS) is 1. The molecule has 2 amide bonds. The quantitative estimate of drug-likeness (QED) is 0.0280. The van der Waals surface area contributed by atoms with E-state index in [4.69, 9.17) is 14.9 Å². The van der Waals surface area contributed by atoms with E-state index in [9.17, 15) is 19.2 Å². The predicted octanol–water partition coefficient (Wildman–Crippen LogP) is 10.3. The number of aliphatic hydroxyl groups is 1. The van der Waals surface area contributed by atoms with Gasteiger partial charge in [0.2, 0.25) is 11.8 Å². The zero-order valence-electron chi connectivity index (χ0n) is 34.4. The molecule has 4 N–H and O–H groups in total. The molecule has 0 aliphatic carbocycles. The van der Waals surface area contributed by atoms with Crippen molar-refractivity contribution in [3.63, 3.8) is 0 Å². The minimum absolute atomic E-state index is 0.135. The van der Waals surface area contributed by atoms with Gasteiger partial charge in [-0.15, -0.1) is 0 Å². The smallest absolute Gasteiger partial charge is 0.328 e. The zero-order valence-corrected chi connectivity index (χ0v) is 34.4. The summed E-state index contributed by atoms with van der Waals surface area (Å²) in [6, 6.07) is -1.39. The fraction of sp³-hybridized carbons (Fsp3) is 0.652.